The summed E-state index contributed by atoms with van der Waals surface area (Å²) < 4.78 is 0. The van der Waals surface area contributed by atoms with E-state index in [-0.39, 0.29) is 12.5 Å². The molecule has 0 aromatic heterocycles. The fourth-order valence-corrected chi connectivity index (χ4v) is 1.39. The summed E-state index contributed by atoms with van der Waals surface area (Å²) >= 11 is 0. The Morgan fingerprint density at radius 3 is 2.82 bits per heavy atom. The van der Waals surface area contributed by atoms with Crippen LogP contribution >= 0.6 is 0 Å². The zero-order chi connectivity index (χ0) is 12.8. The van der Waals surface area contributed by atoms with E-state index in [1.54, 1.807) is 18.0 Å². The van der Waals surface area contributed by atoms with E-state index in [0.717, 1.165) is 5.56 Å². The smallest absolute Gasteiger partial charge is 0.241 e. The first-order chi connectivity index (χ1) is 8.08. The molecule has 0 bridgehead atoms. The van der Waals surface area contributed by atoms with Crippen molar-refractivity contribution in [3.05, 3.63) is 29.3 Å². The molecule has 0 aliphatic rings. The van der Waals surface area contributed by atoms with E-state index < -0.39 is 0 Å². The van der Waals surface area contributed by atoms with Gasteiger partial charge in [-0.15, -0.1) is 0 Å². The molecule has 0 spiro atoms. The average molecular weight is 231 g/mol. The Balaban J connectivity index is 2.70. The molecule has 0 saturated carbocycles. The van der Waals surface area contributed by atoms with Crippen LogP contribution in [0.5, 0.6) is 0 Å². The average Bonchev–Trinajstić information content (AvgIpc) is 2.35. The number of rotatable bonds is 4. The third-order valence-electron chi connectivity index (χ3n) is 2.63. The second-order valence-electron chi connectivity index (χ2n) is 3.92. The molecule has 1 aromatic rings. The Labute approximate surface area is 102 Å². The Hall–Kier alpha value is -2.02. The molecule has 0 radical (unpaired) electrons. The summed E-state index contributed by atoms with van der Waals surface area (Å²) in [7, 11) is 1.75. The molecule has 0 fully saturated rings. The lowest BCUT2D eigenvalue weighted by atomic mass is 10.1. The van der Waals surface area contributed by atoms with Crippen LogP contribution in [0, 0.1) is 18.3 Å². The molecule has 0 unspecified atom stereocenters. The summed E-state index contributed by atoms with van der Waals surface area (Å²) in [6.07, 6.45) is 0. The Kier molecular flexibility index (Phi) is 4.53. The van der Waals surface area contributed by atoms with Crippen molar-refractivity contribution in [1.29, 1.82) is 5.26 Å². The van der Waals surface area contributed by atoms with E-state index in [2.05, 4.69) is 11.4 Å². The number of nitrogens with one attached hydrogen (secondary N) is 1. The number of anilines is 1. The second-order valence-corrected chi connectivity index (χ2v) is 3.92. The van der Waals surface area contributed by atoms with Crippen LogP contribution in [0.25, 0.3) is 0 Å². The first-order valence-corrected chi connectivity index (χ1v) is 5.57. The van der Waals surface area contributed by atoms with Crippen molar-refractivity contribution in [2.45, 2.75) is 13.8 Å². The number of amides is 1. The van der Waals surface area contributed by atoms with Crippen LogP contribution in [0.1, 0.15) is 18.1 Å². The van der Waals surface area contributed by atoms with Gasteiger partial charge in [-0.2, -0.15) is 5.26 Å². The minimum atomic E-state index is 0.0111. The largest absolute Gasteiger partial charge is 0.375 e. The molecule has 0 heterocycles. The zero-order valence-electron chi connectivity index (χ0n) is 10.4. The van der Waals surface area contributed by atoms with Crippen LogP contribution in [-0.2, 0) is 4.79 Å². The van der Waals surface area contributed by atoms with Crippen LogP contribution in [0.15, 0.2) is 18.2 Å². The summed E-state index contributed by atoms with van der Waals surface area (Å²) in [5.74, 6) is 0.0111. The first-order valence-electron chi connectivity index (χ1n) is 5.57. The van der Waals surface area contributed by atoms with Gasteiger partial charge in [0.15, 0.2) is 0 Å². The van der Waals surface area contributed by atoms with Gasteiger partial charge in [0.05, 0.1) is 17.8 Å². The molecule has 1 amide bonds. The van der Waals surface area contributed by atoms with Gasteiger partial charge in [0.2, 0.25) is 5.91 Å². The summed E-state index contributed by atoms with van der Waals surface area (Å²) in [6.45, 7) is 4.74. The van der Waals surface area contributed by atoms with Gasteiger partial charge in [0, 0.05) is 13.6 Å². The van der Waals surface area contributed by atoms with Crippen LogP contribution in [0.2, 0.25) is 0 Å². The van der Waals surface area contributed by atoms with Gasteiger partial charge in [0.25, 0.3) is 0 Å². The van der Waals surface area contributed by atoms with Crippen molar-refractivity contribution in [3.8, 4) is 6.07 Å². The van der Waals surface area contributed by atoms with Gasteiger partial charge < -0.3 is 10.2 Å². The fraction of sp³-hybridized carbons (Fsp3) is 0.385. The molecule has 0 aliphatic carbocycles. The van der Waals surface area contributed by atoms with Crippen LogP contribution < -0.4 is 5.32 Å². The zero-order valence-corrected chi connectivity index (χ0v) is 10.4. The quantitative estimate of drug-likeness (QED) is 0.859. The van der Waals surface area contributed by atoms with Gasteiger partial charge >= 0.3 is 0 Å². The van der Waals surface area contributed by atoms with E-state index in [1.165, 1.54) is 0 Å². The van der Waals surface area contributed by atoms with Crippen molar-refractivity contribution in [2.75, 3.05) is 25.5 Å². The third-order valence-corrected chi connectivity index (χ3v) is 2.63. The molecule has 1 aromatic carbocycles. The number of benzene rings is 1. The highest BCUT2D eigenvalue weighted by Crippen LogP contribution is 2.15. The topological polar surface area (TPSA) is 56.1 Å². The summed E-state index contributed by atoms with van der Waals surface area (Å²) in [6, 6.07) is 7.66. The minimum absolute atomic E-state index is 0.0111. The van der Waals surface area contributed by atoms with Crippen LogP contribution in [0.3, 0.4) is 0 Å². The molecule has 0 atom stereocenters. The normalized spacial score (nSPS) is 9.53. The molecule has 1 N–H and O–H groups in total. The molecule has 0 aliphatic heterocycles. The van der Waals surface area contributed by atoms with Gasteiger partial charge in [-0.3, -0.25) is 4.79 Å². The highest BCUT2D eigenvalue weighted by molar-refractivity contribution is 5.81. The Morgan fingerprint density at radius 1 is 1.53 bits per heavy atom. The van der Waals surface area contributed by atoms with E-state index in [1.807, 2.05) is 26.0 Å². The van der Waals surface area contributed by atoms with Crippen molar-refractivity contribution in [2.24, 2.45) is 0 Å². The number of likely N-dealkylation sites (N-methyl/N-ethyl adjacent to an activating group) is 1. The molecule has 4 heteroatoms. The number of hydrogen-bond acceptors (Lipinski definition) is 3. The second kappa shape index (κ2) is 5.90. The standard InChI is InChI=1S/C13H17N3O/c1-4-16(3)13(17)9-15-12-6-5-10(2)7-11(12)8-14/h5-7,15H,4,9H2,1-3H3. The summed E-state index contributed by atoms with van der Waals surface area (Å²) in [5, 5.41) is 12.0. The number of aryl methyl sites for hydroxylation is 1. The van der Waals surface area contributed by atoms with Gasteiger partial charge in [-0.25, -0.2) is 0 Å². The lowest BCUT2D eigenvalue weighted by Gasteiger charge is -2.15. The van der Waals surface area contributed by atoms with Crippen molar-refractivity contribution < 1.29 is 4.79 Å². The predicted octanol–water partition coefficient (Wildman–Crippen LogP) is 1.76. The Morgan fingerprint density at radius 2 is 2.24 bits per heavy atom. The van der Waals surface area contributed by atoms with Gasteiger partial charge in [0.1, 0.15) is 6.07 Å². The van der Waals surface area contributed by atoms with E-state index in [0.29, 0.717) is 17.8 Å². The lowest BCUT2D eigenvalue weighted by molar-refractivity contribution is -0.127. The minimum Gasteiger partial charge on any atom is -0.375 e. The van der Waals surface area contributed by atoms with Crippen LogP contribution in [-0.4, -0.2) is 30.9 Å². The SMILES string of the molecule is CCN(C)C(=O)CNc1ccc(C)cc1C#N. The first kappa shape index (κ1) is 13.0. The number of nitriles is 1. The maximum Gasteiger partial charge on any atom is 0.241 e. The molecule has 90 valence electrons. The van der Waals surface area contributed by atoms with Crippen LogP contribution in [0.4, 0.5) is 5.69 Å². The van der Waals surface area contributed by atoms with E-state index >= 15 is 0 Å². The van der Waals surface area contributed by atoms with Crippen molar-refractivity contribution in [3.63, 3.8) is 0 Å². The maximum atomic E-state index is 11.6. The number of hydrogen-bond donors (Lipinski definition) is 1. The molecule has 17 heavy (non-hydrogen) atoms. The summed E-state index contributed by atoms with van der Waals surface area (Å²) in [4.78, 5) is 13.2. The maximum absolute atomic E-state index is 11.6. The number of carbonyl (C=O) groups excluding carboxylic acids is 1. The van der Waals surface area contributed by atoms with Gasteiger partial charge in [-0.05, 0) is 31.5 Å². The molecular formula is C13H17N3O. The molecule has 4 nitrogen and oxygen atoms in total. The Bertz CT molecular complexity index is 448. The molecule has 0 saturated heterocycles. The highest BCUT2D eigenvalue weighted by Gasteiger charge is 2.07. The lowest BCUT2D eigenvalue weighted by Crippen LogP contribution is -2.32. The predicted molar refractivity (Wildman–Crippen MR) is 67.7 cm³/mol. The van der Waals surface area contributed by atoms with E-state index in [9.17, 15) is 4.79 Å². The van der Waals surface area contributed by atoms with E-state index in [4.69, 9.17) is 5.26 Å². The fourth-order valence-electron chi connectivity index (χ4n) is 1.39. The molecular weight excluding hydrogens is 214 g/mol. The van der Waals surface area contributed by atoms with Crippen molar-refractivity contribution >= 4 is 11.6 Å². The number of nitrogens with zero attached hydrogens (tertiary/aromatic N) is 2. The monoisotopic (exact) mass is 231 g/mol. The van der Waals surface area contributed by atoms with Gasteiger partial charge in [-0.1, -0.05) is 6.07 Å². The highest BCUT2D eigenvalue weighted by atomic mass is 16.2. The number of carbonyl (C=O) groups is 1. The summed E-state index contributed by atoms with van der Waals surface area (Å²) in [5.41, 5.74) is 2.30. The van der Waals surface area contributed by atoms with Crippen molar-refractivity contribution in [1.82, 2.24) is 4.90 Å². The molecule has 1 rings (SSSR count). The third kappa shape index (κ3) is 3.49.